The first-order valence-corrected chi connectivity index (χ1v) is 12.4. The molecule has 0 spiro atoms. The second kappa shape index (κ2) is 12.4. The van der Waals surface area contributed by atoms with Crippen molar-refractivity contribution < 1.29 is 19.1 Å². The van der Waals surface area contributed by atoms with Crippen LogP contribution < -0.4 is 31.3 Å². The molecule has 1 unspecified atom stereocenters. The summed E-state index contributed by atoms with van der Waals surface area (Å²) in [4.78, 5) is 37.9. The Labute approximate surface area is 212 Å². The Morgan fingerprint density at radius 1 is 1.25 bits per heavy atom. The third kappa shape index (κ3) is 6.75. The number of nitrogens with one attached hydrogen (secondary N) is 5. The lowest BCUT2D eigenvalue weighted by atomic mass is 9.95. The van der Waals surface area contributed by atoms with Crippen LogP contribution in [0.25, 0.3) is 0 Å². The predicted molar refractivity (Wildman–Crippen MR) is 140 cm³/mol. The van der Waals surface area contributed by atoms with Crippen LogP contribution in [-0.4, -0.2) is 51.0 Å². The lowest BCUT2D eigenvalue weighted by Crippen LogP contribution is -2.53. The van der Waals surface area contributed by atoms with Gasteiger partial charge in [0.2, 0.25) is 5.91 Å². The van der Waals surface area contributed by atoms with Crippen LogP contribution in [0.2, 0.25) is 0 Å². The number of allylic oxidation sites excluding steroid dienone is 2. The molecule has 1 aromatic rings. The van der Waals surface area contributed by atoms with Crippen LogP contribution in [0.1, 0.15) is 43.5 Å². The SMILES string of the molecule is C=C(C(=O)NC)/C(=C\C(=C\CC)NC(=O)C1CC1)Nc1cccc(C(=O)NC(C)C2CNC2)c1OC. The zero-order valence-electron chi connectivity index (χ0n) is 21.5. The van der Waals surface area contributed by atoms with Crippen molar-refractivity contribution in [3.8, 4) is 5.75 Å². The average Bonchev–Trinajstić information content (AvgIpc) is 3.67. The summed E-state index contributed by atoms with van der Waals surface area (Å²) in [6.45, 7) is 9.64. The van der Waals surface area contributed by atoms with Gasteiger partial charge >= 0.3 is 0 Å². The van der Waals surface area contributed by atoms with Crippen molar-refractivity contribution in [2.75, 3.05) is 32.6 Å². The molecule has 0 radical (unpaired) electrons. The summed E-state index contributed by atoms with van der Waals surface area (Å²) in [6.07, 6.45) is 6.00. The van der Waals surface area contributed by atoms with Gasteiger partial charge in [0.05, 0.1) is 29.6 Å². The standard InChI is InChI=1S/C27H37N5O4/c1-6-8-20(31-26(34)18-11-12-18)13-23(16(2)25(33)28-4)32-22-10-7-9-21(24(22)36-5)27(35)30-17(3)19-14-29-15-19/h7-10,13,17-19,29,32H,2,6,11-12,14-15H2,1,3-5H3,(H,28,33)(H,30,35)(H,31,34)/b20-8-,23-13+. The summed E-state index contributed by atoms with van der Waals surface area (Å²) in [5.74, 6) is 0.102. The third-order valence-electron chi connectivity index (χ3n) is 6.38. The van der Waals surface area contributed by atoms with E-state index in [9.17, 15) is 14.4 Å². The van der Waals surface area contributed by atoms with Crippen LogP contribution in [0.4, 0.5) is 5.69 Å². The number of benzene rings is 1. The molecule has 1 heterocycles. The van der Waals surface area contributed by atoms with Gasteiger partial charge in [-0.3, -0.25) is 14.4 Å². The number of anilines is 1. The zero-order valence-corrected chi connectivity index (χ0v) is 21.5. The molecule has 0 aromatic heterocycles. The van der Waals surface area contributed by atoms with E-state index in [1.165, 1.54) is 14.2 Å². The van der Waals surface area contributed by atoms with Crippen molar-refractivity contribution in [1.29, 1.82) is 0 Å². The number of amides is 3. The van der Waals surface area contributed by atoms with E-state index in [4.69, 9.17) is 4.74 Å². The molecular formula is C27H37N5O4. The highest BCUT2D eigenvalue weighted by Gasteiger charge is 2.30. The third-order valence-corrected chi connectivity index (χ3v) is 6.38. The number of ether oxygens (including phenoxy) is 1. The van der Waals surface area contributed by atoms with Gasteiger partial charge in [-0.05, 0) is 44.4 Å². The van der Waals surface area contributed by atoms with Gasteiger partial charge in [0.1, 0.15) is 0 Å². The van der Waals surface area contributed by atoms with E-state index in [1.807, 2.05) is 19.9 Å². The lowest BCUT2D eigenvalue weighted by molar-refractivity contribution is -0.121. The van der Waals surface area contributed by atoms with Crippen LogP contribution in [-0.2, 0) is 9.59 Å². The molecule has 3 amide bonds. The molecule has 36 heavy (non-hydrogen) atoms. The Balaban J connectivity index is 1.91. The summed E-state index contributed by atoms with van der Waals surface area (Å²) in [6, 6.07) is 5.21. The van der Waals surface area contributed by atoms with E-state index in [0.717, 1.165) is 25.9 Å². The number of hydrogen-bond donors (Lipinski definition) is 5. The Morgan fingerprint density at radius 2 is 1.97 bits per heavy atom. The molecule has 1 aliphatic carbocycles. The lowest BCUT2D eigenvalue weighted by Gasteiger charge is -2.33. The van der Waals surface area contributed by atoms with Gasteiger partial charge in [-0.1, -0.05) is 25.6 Å². The highest BCUT2D eigenvalue weighted by atomic mass is 16.5. The molecule has 2 fully saturated rings. The second-order valence-corrected chi connectivity index (χ2v) is 9.14. The monoisotopic (exact) mass is 495 g/mol. The smallest absolute Gasteiger partial charge is 0.255 e. The summed E-state index contributed by atoms with van der Waals surface area (Å²) < 4.78 is 5.63. The maximum atomic E-state index is 13.1. The molecular weight excluding hydrogens is 458 g/mol. The molecule has 1 aromatic carbocycles. The molecule has 1 saturated heterocycles. The van der Waals surface area contributed by atoms with E-state index in [-0.39, 0.29) is 35.3 Å². The van der Waals surface area contributed by atoms with E-state index in [0.29, 0.717) is 40.7 Å². The second-order valence-electron chi connectivity index (χ2n) is 9.14. The van der Waals surface area contributed by atoms with Crippen LogP contribution in [0.5, 0.6) is 5.75 Å². The number of carbonyl (C=O) groups is 3. The normalized spacial score (nSPS) is 16.9. The van der Waals surface area contributed by atoms with E-state index < -0.39 is 0 Å². The quantitative estimate of drug-likeness (QED) is 0.224. The summed E-state index contributed by atoms with van der Waals surface area (Å²) in [5, 5.41) is 15.0. The molecule has 2 aliphatic rings. The Morgan fingerprint density at radius 3 is 2.53 bits per heavy atom. The van der Waals surface area contributed by atoms with Gasteiger partial charge in [0, 0.05) is 43.7 Å². The fourth-order valence-electron chi connectivity index (χ4n) is 3.83. The van der Waals surface area contributed by atoms with Crippen molar-refractivity contribution in [3.63, 3.8) is 0 Å². The number of methoxy groups -OCH3 is 1. The maximum Gasteiger partial charge on any atom is 0.255 e. The topological polar surface area (TPSA) is 121 Å². The summed E-state index contributed by atoms with van der Waals surface area (Å²) in [7, 11) is 3.01. The van der Waals surface area contributed by atoms with Crippen molar-refractivity contribution in [1.82, 2.24) is 21.3 Å². The molecule has 0 bridgehead atoms. The van der Waals surface area contributed by atoms with Crippen molar-refractivity contribution in [2.24, 2.45) is 11.8 Å². The van der Waals surface area contributed by atoms with Crippen LogP contribution in [0, 0.1) is 11.8 Å². The number of para-hydroxylation sites is 1. The van der Waals surface area contributed by atoms with Crippen LogP contribution >= 0.6 is 0 Å². The van der Waals surface area contributed by atoms with E-state index >= 15 is 0 Å². The van der Waals surface area contributed by atoms with Crippen LogP contribution in [0.15, 0.2) is 53.9 Å². The molecule has 3 rings (SSSR count). The van der Waals surface area contributed by atoms with E-state index in [2.05, 4.69) is 33.2 Å². The summed E-state index contributed by atoms with van der Waals surface area (Å²) >= 11 is 0. The molecule has 1 saturated carbocycles. The molecule has 5 N–H and O–H groups in total. The highest BCUT2D eigenvalue weighted by Crippen LogP contribution is 2.32. The molecule has 1 aliphatic heterocycles. The first-order valence-electron chi connectivity index (χ1n) is 12.4. The highest BCUT2D eigenvalue weighted by molar-refractivity contribution is 6.00. The largest absolute Gasteiger partial charge is 0.494 e. The van der Waals surface area contributed by atoms with Gasteiger partial charge in [0.25, 0.3) is 11.8 Å². The average molecular weight is 496 g/mol. The van der Waals surface area contributed by atoms with Gasteiger partial charge in [0.15, 0.2) is 5.75 Å². The summed E-state index contributed by atoms with van der Waals surface area (Å²) in [5.41, 5.74) is 1.97. The zero-order chi connectivity index (χ0) is 26.2. The minimum Gasteiger partial charge on any atom is -0.494 e. The minimum absolute atomic E-state index is 0.0142. The Hall–Kier alpha value is -3.59. The van der Waals surface area contributed by atoms with Gasteiger partial charge in [-0.15, -0.1) is 0 Å². The fraction of sp³-hybridized carbons (Fsp3) is 0.444. The Kier molecular flexibility index (Phi) is 9.30. The molecule has 1 atom stereocenters. The minimum atomic E-state index is -0.381. The molecule has 194 valence electrons. The first-order chi connectivity index (χ1) is 17.3. The number of likely N-dealkylation sites (N-methyl/N-ethyl adjacent to an activating group) is 1. The predicted octanol–water partition coefficient (Wildman–Crippen LogP) is 2.45. The van der Waals surface area contributed by atoms with Crippen molar-refractivity contribution >= 4 is 23.4 Å². The molecule has 9 nitrogen and oxygen atoms in total. The number of rotatable bonds is 12. The molecule has 9 heteroatoms. The number of carbonyl (C=O) groups excluding carboxylic acids is 3. The van der Waals surface area contributed by atoms with Gasteiger partial charge in [-0.2, -0.15) is 0 Å². The van der Waals surface area contributed by atoms with Gasteiger partial charge in [-0.25, -0.2) is 0 Å². The van der Waals surface area contributed by atoms with Crippen molar-refractivity contribution in [2.45, 2.75) is 39.2 Å². The van der Waals surface area contributed by atoms with Gasteiger partial charge < -0.3 is 31.3 Å². The Bertz CT molecular complexity index is 1070. The fourth-order valence-corrected chi connectivity index (χ4v) is 3.83. The van der Waals surface area contributed by atoms with Crippen LogP contribution in [0.3, 0.4) is 0 Å². The van der Waals surface area contributed by atoms with Crippen molar-refractivity contribution in [3.05, 3.63) is 59.5 Å². The first kappa shape index (κ1) is 27.0. The number of hydrogen-bond acceptors (Lipinski definition) is 6. The maximum absolute atomic E-state index is 13.1. The van der Waals surface area contributed by atoms with E-state index in [1.54, 1.807) is 24.3 Å².